The molecule has 2 heterocycles. The van der Waals surface area contributed by atoms with Gasteiger partial charge in [0, 0.05) is 26.2 Å². The average Bonchev–Trinajstić information content (AvgIpc) is 3.35. The Kier molecular flexibility index (Phi) is 10.4. The van der Waals surface area contributed by atoms with E-state index < -0.39 is 0 Å². The number of fused-ring (bicyclic) bond motifs is 1. The van der Waals surface area contributed by atoms with Crippen molar-refractivity contribution in [3.05, 3.63) is 36.4 Å². The molecule has 1 aromatic heterocycles. The third kappa shape index (κ3) is 6.70. The summed E-state index contributed by atoms with van der Waals surface area (Å²) in [6.45, 7) is 4.60. The maximum Gasteiger partial charge on any atom is 0.266 e. The molecule has 0 N–H and O–H groups in total. The van der Waals surface area contributed by atoms with Gasteiger partial charge in [-0.2, -0.15) is 0 Å². The van der Waals surface area contributed by atoms with Gasteiger partial charge < -0.3 is 23.7 Å². The summed E-state index contributed by atoms with van der Waals surface area (Å²) in [4.78, 5) is 22.2. The van der Waals surface area contributed by atoms with Crippen molar-refractivity contribution in [3.63, 3.8) is 0 Å². The van der Waals surface area contributed by atoms with Crippen LogP contribution in [0.3, 0.4) is 0 Å². The normalized spacial score (nSPS) is 13.6. The van der Waals surface area contributed by atoms with Crippen LogP contribution >= 0.6 is 23.7 Å². The largest absolute Gasteiger partial charge is 0.497 e. The fraction of sp³-hybridized carbons (Fsp3) is 0.440. The van der Waals surface area contributed by atoms with Crippen molar-refractivity contribution in [2.24, 2.45) is 0 Å². The molecule has 9 nitrogen and oxygen atoms in total. The Balaban J connectivity index is 0.00000361. The number of benzene rings is 2. The number of hydrogen-bond acceptors (Lipinski definition) is 9. The molecule has 0 bridgehead atoms. The first-order valence-corrected chi connectivity index (χ1v) is 12.3. The molecule has 1 saturated heterocycles. The summed E-state index contributed by atoms with van der Waals surface area (Å²) in [6.07, 6.45) is 0.804. The second-order valence-electron chi connectivity index (χ2n) is 7.96. The molecule has 0 unspecified atom stereocenters. The van der Waals surface area contributed by atoms with Crippen molar-refractivity contribution in [2.75, 3.05) is 72.2 Å². The molecule has 0 atom stereocenters. The summed E-state index contributed by atoms with van der Waals surface area (Å²) >= 11 is 1.41. The Morgan fingerprint density at radius 3 is 2.33 bits per heavy atom. The van der Waals surface area contributed by atoms with E-state index in [0.717, 1.165) is 49.7 Å². The lowest BCUT2D eigenvalue weighted by Crippen LogP contribution is -2.40. The number of amides is 1. The zero-order chi connectivity index (χ0) is 24.6. The molecule has 0 aliphatic carbocycles. The first kappa shape index (κ1) is 27.8. The lowest BCUT2D eigenvalue weighted by molar-refractivity contribution is -0.120. The van der Waals surface area contributed by atoms with E-state index in [4.69, 9.17) is 28.7 Å². The Bertz CT molecular complexity index is 1080. The smallest absolute Gasteiger partial charge is 0.266 e. The Hall–Kier alpha value is -2.79. The molecule has 1 amide bonds. The quantitative estimate of drug-likeness (QED) is 0.364. The highest BCUT2D eigenvalue weighted by molar-refractivity contribution is 7.22. The summed E-state index contributed by atoms with van der Waals surface area (Å²) in [5.41, 5.74) is 0.675. The molecule has 0 saturated carbocycles. The van der Waals surface area contributed by atoms with E-state index >= 15 is 0 Å². The molecular weight excluding hydrogens is 506 g/mol. The summed E-state index contributed by atoms with van der Waals surface area (Å²) < 4.78 is 28.3. The Morgan fingerprint density at radius 2 is 1.67 bits per heavy atom. The van der Waals surface area contributed by atoms with E-state index in [1.54, 1.807) is 50.5 Å². The number of thiazole rings is 1. The maximum absolute atomic E-state index is 13.4. The minimum atomic E-state index is -0.167. The van der Waals surface area contributed by atoms with Crippen LogP contribution in [0.15, 0.2) is 36.4 Å². The van der Waals surface area contributed by atoms with Gasteiger partial charge in [0.05, 0.1) is 34.5 Å². The summed E-state index contributed by atoms with van der Waals surface area (Å²) in [5, 5.41) is 0.591. The molecule has 36 heavy (non-hydrogen) atoms. The summed E-state index contributed by atoms with van der Waals surface area (Å²) in [6, 6.07) is 10.8. The minimum Gasteiger partial charge on any atom is -0.497 e. The zero-order valence-electron chi connectivity index (χ0n) is 20.7. The SMILES string of the molecule is COc1ccc(OCC(=O)N(CCCN2CCOCC2)c2nc3c(OC)ccc(OC)c3s2)cc1.Cl. The number of nitrogens with zero attached hydrogens (tertiary/aromatic N) is 3. The number of anilines is 1. The lowest BCUT2D eigenvalue weighted by atomic mass is 10.3. The van der Waals surface area contributed by atoms with E-state index in [1.165, 1.54) is 11.3 Å². The summed E-state index contributed by atoms with van der Waals surface area (Å²) in [5.74, 6) is 2.49. The molecule has 1 aliphatic rings. The molecule has 3 aromatic rings. The lowest BCUT2D eigenvalue weighted by Gasteiger charge is -2.27. The number of hydrogen-bond donors (Lipinski definition) is 0. The maximum atomic E-state index is 13.4. The van der Waals surface area contributed by atoms with Crippen LogP contribution in [0.4, 0.5) is 5.13 Å². The Labute approximate surface area is 221 Å². The first-order valence-electron chi connectivity index (χ1n) is 11.5. The van der Waals surface area contributed by atoms with Crippen molar-refractivity contribution >= 4 is 45.0 Å². The number of morpholine rings is 1. The summed E-state index contributed by atoms with van der Waals surface area (Å²) in [7, 11) is 4.83. The zero-order valence-corrected chi connectivity index (χ0v) is 22.4. The number of carbonyl (C=O) groups excluding carboxylic acids is 1. The van der Waals surface area contributed by atoms with Crippen LogP contribution in [-0.2, 0) is 9.53 Å². The number of ether oxygens (including phenoxy) is 5. The molecule has 0 radical (unpaired) electrons. The number of halogens is 1. The highest BCUT2D eigenvalue weighted by Crippen LogP contribution is 2.40. The predicted molar refractivity (Wildman–Crippen MR) is 143 cm³/mol. The third-order valence-corrected chi connectivity index (χ3v) is 6.91. The molecule has 4 rings (SSSR count). The molecule has 11 heteroatoms. The highest BCUT2D eigenvalue weighted by atomic mass is 35.5. The van der Waals surface area contributed by atoms with Crippen molar-refractivity contribution in [1.29, 1.82) is 0 Å². The topological polar surface area (TPSA) is 82.6 Å². The third-order valence-electron chi connectivity index (χ3n) is 5.81. The standard InChI is InChI=1S/C25H31N3O6S.ClH/c1-30-18-5-7-19(8-6-18)34-17-22(29)28(12-4-11-27-13-15-33-16-14-27)25-26-23-20(31-2)9-10-21(32-3)24(23)35-25;/h5-10H,4,11-17H2,1-3H3;1H. The van der Waals surface area contributed by atoms with Crippen LogP contribution in [-0.4, -0.2) is 83.1 Å². The van der Waals surface area contributed by atoms with E-state index in [2.05, 4.69) is 4.90 Å². The Morgan fingerprint density at radius 1 is 1.00 bits per heavy atom. The van der Waals surface area contributed by atoms with Gasteiger partial charge in [0.25, 0.3) is 5.91 Å². The van der Waals surface area contributed by atoms with Gasteiger partial charge in [-0.1, -0.05) is 11.3 Å². The molecule has 0 spiro atoms. The van der Waals surface area contributed by atoms with E-state index in [0.29, 0.717) is 34.4 Å². The van der Waals surface area contributed by atoms with E-state index in [9.17, 15) is 4.79 Å². The van der Waals surface area contributed by atoms with Crippen LogP contribution in [0.25, 0.3) is 10.2 Å². The predicted octanol–water partition coefficient (Wildman–Crippen LogP) is 3.88. The van der Waals surface area contributed by atoms with E-state index in [1.807, 2.05) is 12.1 Å². The number of methoxy groups -OCH3 is 3. The molecule has 196 valence electrons. The van der Waals surface area contributed by atoms with Crippen LogP contribution < -0.4 is 23.8 Å². The minimum absolute atomic E-state index is 0. The van der Waals surface area contributed by atoms with Gasteiger partial charge in [-0.25, -0.2) is 4.98 Å². The van der Waals surface area contributed by atoms with Gasteiger partial charge in [0.2, 0.25) is 0 Å². The monoisotopic (exact) mass is 537 g/mol. The molecule has 1 aliphatic heterocycles. The van der Waals surface area contributed by atoms with Crippen LogP contribution in [0, 0.1) is 0 Å². The van der Waals surface area contributed by atoms with E-state index in [-0.39, 0.29) is 24.9 Å². The first-order chi connectivity index (χ1) is 17.1. The number of aromatic nitrogens is 1. The van der Waals surface area contributed by atoms with Crippen molar-refractivity contribution in [2.45, 2.75) is 6.42 Å². The van der Waals surface area contributed by atoms with Gasteiger partial charge in [-0.05, 0) is 42.8 Å². The van der Waals surface area contributed by atoms with Crippen molar-refractivity contribution in [1.82, 2.24) is 9.88 Å². The number of rotatable bonds is 11. The van der Waals surface area contributed by atoms with Gasteiger partial charge in [-0.15, -0.1) is 12.4 Å². The van der Waals surface area contributed by atoms with Gasteiger partial charge in [0.1, 0.15) is 33.2 Å². The molecular formula is C25H32ClN3O6S. The van der Waals surface area contributed by atoms with Crippen molar-refractivity contribution in [3.8, 4) is 23.0 Å². The van der Waals surface area contributed by atoms with Crippen LogP contribution in [0.2, 0.25) is 0 Å². The second-order valence-corrected chi connectivity index (χ2v) is 8.94. The van der Waals surface area contributed by atoms with Gasteiger partial charge >= 0.3 is 0 Å². The molecule has 1 fully saturated rings. The van der Waals surface area contributed by atoms with Gasteiger partial charge in [-0.3, -0.25) is 14.6 Å². The fourth-order valence-corrected chi connectivity index (χ4v) is 5.01. The van der Waals surface area contributed by atoms with Crippen LogP contribution in [0.1, 0.15) is 6.42 Å². The van der Waals surface area contributed by atoms with Crippen LogP contribution in [0.5, 0.6) is 23.0 Å². The molecule has 2 aromatic carbocycles. The second kappa shape index (κ2) is 13.5. The average molecular weight is 538 g/mol. The number of carbonyl (C=O) groups is 1. The van der Waals surface area contributed by atoms with Crippen molar-refractivity contribution < 1.29 is 28.5 Å². The highest BCUT2D eigenvalue weighted by Gasteiger charge is 2.23. The van der Waals surface area contributed by atoms with Gasteiger partial charge in [0.15, 0.2) is 11.7 Å². The fourth-order valence-electron chi connectivity index (χ4n) is 3.89.